The third kappa shape index (κ3) is 4.38. The van der Waals surface area contributed by atoms with E-state index in [4.69, 9.17) is 0 Å². The molecular formula is C20H39N5. The number of hydrogen-bond acceptors (Lipinski definition) is 5. The predicted molar refractivity (Wildman–Crippen MR) is 104 cm³/mol. The second-order valence-electron chi connectivity index (χ2n) is 9.68. The molecule has 5 nitrogen and oxygen atoms in total. The first kappa shape index (κ1) is 18.2. The monoisotopic (exact) mass is 349 g/mol. The predicted octanol–water partition coefficient (Wildman–Crippen LogP) is 0.835. The Bertz CT molecular complexity index is 418. The first-order chi connectivity index (χ1) is 12.1. The van der Waals surface area contributed by atoms with Crippen molar-refractivity contribution in [2.45, 2.75) is 25.7 Å². The fourth-order valence-electron chi connectivity index (χ4n) is 6.08. The van der Waals surface area contributed by atoms with E-state index in [1.165, 1.54) is 91.1 Å². The van der Waals surface area contributed by atoms with Gasteiger partial charge in [0.2, 0.25) is 0 Å². The Morgan fingerprint density at radius 3 is 2.24 bits per heavy atom. The molecule has 4 aliphatic rings. The zero-order chi connectivity index (χ0) is 17.3. The lowest BCUT2D eigenvalue weighted by Crippen LogP contribution is -2.71. The molecule has 0 aromatic carbocycles. The smallest absolute Gasteiger partial charge is 0.0478 e. The minimum atomic E-state index is 0.704. The van der Waals surface area contributed by atoms with Gasteiger partial charge in [0.1, 0.15) is 0 Å². The normalized spacial score (nSPS) is 32.6. The van der Waals surface area contributed by atoms with Crippen LogP contribution in [0, 0.1) is 17.3 Å². The van der Waals surface area contributed by atoms with Gasteiger partial charge in [-0.2, -0.15) is 0 Å². The van der Waals surface area contributed by atoms with Gasteiger partial charge in [-0.3, -0.25) is 4.90 Å². The van der Waals surface area contributed by atoms with E-state index in [0.717, 1.165) is 18.5 Å². The van der Waals surface area contributed by atoms with Crippen LogP contribution in [0.1, 0.15) is 25.7 Å². The molecule has 1 N–H and O–H groups in total. The first-order valence-corrected chi connectivity index (χ1v) is 10.6. The van der Waals surface area contributed by atoms with Crippen LogP contribution in [0.15, 0.2) is 0 Å². The summed E-state index contributed by atoms with van der Waals surface area (Å²) in [5.74, 6) is 1.85. The summed E-state index contributed by atoms with van der Waals surface area (Å²) in [6.07, 6.45) is 5.67. The fourth-order valence-corrected chi connectivity index (χ4v) is 6.08. The third-order valence-electron chi connectivity index (χ3n) is 7.05. The molecule has 1 unspecified atom stereocenters. The summed E-state index contributed by atoms with van der Waals surface area (Å²) in [5.41, 5.74) is 0.704. The molecule has 4 heterocycles. The van der Waals surface area contributed by atoms with Crippen LogP contribution >= 0.6 is 0 Å². The van der Waals surface area contributed by atoms with Crippen LogP contribution in [0.3, 0.4) is 0 Å². The highest BCUT2D eigenvalue weighted by Crippen LogP contribution is 2.39. The van der Waals surface area contributed by atoms with Crippen LogP contribution in [0.5, 0.6) is 0 Å². The summed E-state index contributed by atoms with van der Waals surface area (Å²) in [5, 5.41) is 3.32. The van der Waals surface area contributed by atoms with Gasteiger partial charge in [0.25, 0.3) is 0 Å². The lowest BCUT2D eigenvalue weighted by molar-refractivity contribution is -0.110. The molecular weight excluding hydrogens is 310 g/mol. The number of nitrogens with zero attached hydrogens (tertiary/aromatic N) is 4. The Morgan fingerprint density at radius 2 is 1.56 bits per heavy atom. The van der Waals surface area contributed by atoms with Gasteiger partial charge in [-0.15, -0.1) is 0 Å². The van der Waals surface area contributed by atoms with E-state index in [1.807, 2.05) is 0 Å². The zero-order valence-electron chi connectivity index (χ0n) is 16.6. The van der Waals surface area contributed by atoms with Gasteiger partial charge in [-0.05, 0) is 71.2 Å². The molecule has 25 heavy (non-hydrogen) atoms. The maximum Gasteiger partial charge on any atom is 0.0478 e. The largest absolute Gasteiger partial charge is 0.307 e. The van der Waals surface area contributed by atoms with Crippen molar-refractivity contribution in [3.05, 3.63) is 0 Å². The molecule has 5 heteroatoms. The van der Waals surface area contributed by atoms with Crippen LogP contribution in [-0.2, 0) is 0 Å². The summed E-state index contributed by atoms with van der Waals surface area (Å²) >= 11 is 0. The topological polar surface area (TPSA) is 25.0 Å². The number of nitrogens with one attached hydrogen (secondary N) is 1. The highest BCUT2D eigenvalue weighted by Gasteiger charge is 2.50. The summed E-state index contributed by atoms with van der Waals surface area (Å²) in [7, 11) is 4.32. The van der Waals surface area contributed by atoms with Crippen LogP contribution in [0.25, 0.3) is 0 Å². The van der Waals surface area contributed by atoms with Gasteiger partial charge in [0.05, 0.1) is 0 Å². The van der Waals surface area contributed by atoms with E-state index < -0.39 is 0 Å². The maximum absolute atomic E-state index is 3.32. The van der Waals surface area contributed by atoms with Crippen molar-refractivity contribution < 1.29 is 0 Å². The van der Waals surface area contributed by atoms with Crippen LogP contribution < -0.4 is 5.32 Å². The minimum absolute atomic E-state index is 0.704. The van der Waals surface area contributed by atoms with Gasteiger partial charge in [-0.1, -0.05) is 0 Å². The molecule has 0 aromatic heterocycles. The van der Waals surface area contributed by atoms with Gasteiger partial charge >= 0.3 is 0 Å². The average Bonchev–Trinajstić information content (AvgIpc) is 2.54. The van der Waals surface area contributed by atoms with Crippen molar-refractivity contribution in [1.29, 1.82) is 0 Å². The minimum Gasteiger partial charge on any atom is -0.307 e. The second-order valence-corrected chi connectivity index (χ2v) is 9.68. The van der Waals surface area contributed by atoms with Crippen molar-refractivity contribution in [3.63, 3.8) is 0 Å². The standard InChI is InChI=1S/C20H39N5/c1-21-17-24-7-3-4-19(12-24)11-23-8-5-18(6-9-23)10-25-15-20(16-25)13-22(2)14-20/h18-19,21H,3-17H2,1-2H3. The van der Waals surface area contributed by atoms with Crippen molar-refractivity contribution in [3.8, 4) is 0 Å². The maximum atomic E-state index is 3.32. The molecule has 0 bridgehead atoms. The van der Waals surface area contributed by atoms with Gasteiger partial charge in [-0.25, -0.2) is 0 Å². The average molecular weight is 350 g/mol. The Balaban J connectivity index is 1.12. The highest BCUT2D eigenvalue weighted by molar-refractivity contribution is 5.04. The van der Waals surface area contributed by atoms with Crippen molar-refractivity contribution in [2.75, 3.05) is 86.2 Å². The van der Waals surface area contributed by atoms with Crippen molar-refractivity contribution in [2.24, 2.45) is 17.3 Å². The van der Waals surface area contributed by atoms with E-state index >= 15 is 0 Å². The van der Waals surface area contributed by atoms with E-state index in [0.29, 0.717) is 5.41 Å². The van der Waals surface area contributed by atoms with Gasteiger partial charge < -0.3 is 20.0 Å². The second kappa shape index (κ2) is 7.81. The first-order valence-electron chi connectivity index (χ1n) is 10.6. The molecule has 4 saturated heterocycles. The number of rotatable bonds is 6. The molecule has 0 amide bonds. The Kier molecular flexibility index (Phi) is 5.68. The summed E-state index contributed by atoms with van der Waals surface area (Å²) in [6, 6.07) is 0. The molecule has 0 radical (unpaired) electrons. The number of likely N-dealkylation sites (tertiary alicyclic amines) is 4. The van der Waals surface area contributed by atoms with E-state index in [-0.39, 0.29) is 0 Å². The van der Waals surface area contributed by atoms with Gasteiger partial charge in [0.15, 0.2) is 0 Å². The zero-order valence-corrected chi connectivity index (χ0v) is 16.6. The summed E-state index contributed by atoms with van der Waals surface area (Å²) in [4.78, 5) is 10.6. The highest BCUT2D eigenvalue weighted by atomic mass is 15.3. The molecule has 4 rings (SSSR count). The number of piperidine rings is 2. The molecule has 1 spiro atoms. The Hall–Kier alpha value is -0.200. The van der Waals surface area contributed by atoms with Gasteiger partial charge in [0, 0.05) is 57.9 Å². The van der Waals surface area contributed by atoms with Crippen molar-refractivity contribution in [1.82, 2.24) is 24.9 Å². The molecule has 0 aliphatic carbocycles. The molecule has 0 aromatic rings. The lowest BCUT2D eigenvalue weighted by Gasteiger charge is -2.60. The van der Waals surface area contributed by atoms with Crippen LogP contribution in [0.2, 0.25) is 0 Å². The Labute approximate surface area is 154 Å². The third-order valence-corrected chi connectivity index (χ3v) is 7.05. The van der Waals surface area contributed by atoms with Crippen molar-refractivity contribution >= 4 is 0 Å². The van der Waals surface area contributed by atoms with E-state index in [9.17, 15) is 0 Å². The van der Waals surface area contributed by atoms with Crippen LogP contribution in [-0.4, -0.2) is 106 Å². The summed E-state index contributed by atoms with van der Waals surface area (Å²) in [6.45, 7) is 14.5. The van der Waals surface area contributed by atoms with E-state index in [1.54, 1.807) is 0 Å². The molecule has 4 fully saturated rings. The summed E-state index contributed by atoms with van der Waals surface area (Å²) < 4.78 is 0. The molecule has 0 saturated carbocycles. The molecule has 4 aliphatic heterocycles. The molecule has 144 valence electrons. The quantitative estimate of drug-likeness (QED) is 0.766. The lowest BCUT2D eigenvalue weighted by atomic mass is 9.72. The number of hydrogen-bond donors (Lipinski definition) is 1. The fraction of sp³-hybridized carbons (Fsp3) is 1.00. The SMILES string of the molecule is CNCN1CCCC(CN2CCC(CN3CC4(CN(C)C4)C3)CC2)C1. The Morgan fingerprint density at radius 1 is 0.840 bits per heavy atom. The van der Waals surface area contributed by atoms with Crippen LogP contribution in [0.4, 0.5) is 0 Å². The van der Waals surface area contributed by atoms with E-state index in [2.05, 4.69) is 39.0 Å². The molecule has 1 atom stereocenters.